The summed E-state index contributed by atoms with van der Waals surface area (Å²) in [6.45, 7) is 12.8. The summed E-state index contributed by atoms with van der Waals surface area (Å²) in [6.07, 6.45) is 0.0278. The fourth-order valence-electron chi connectivity index (χ4n) is 1.62. The molecule has 1 rings (SSSR count). The van der Waals surface area contributed by atoms with E-state index < -0.39 is 0 Å². The molecular formula is C11H20O2S. The van der Waals surface area contributed by atoms with E-state index in [1.54, 1.807) is 0 Å². The van der Waals surface area contributed by atoms with Crippen LogP contribution in [0.1, 0.15) is 41.5 Å². The molecule has 1 saturated heterocycles. The lowest BCUT2D eigenvalue weighted by Crippen LogP contribution is -2.40. The average molecular weight is 216 g/mol. The maximum absolute atomic E-state index is 11.3. The predicted molar refractivity (Wildman–Crippen MR) is 60.6 cm³/mol. The van der Waals surface area contributed by atoms with E-state index in [0.29, 0.717) is 0 Å². The Kier molecular flexibility index (Phi) is 2.92. The predicted octanol–water partition coefficient (Wildman–Crippen LogP) is 3.70. The summed E-state index contributed by atoms with van der Waals surface area (Å²) in [6, 6.07) is 0. The highest BCUT2D eigenvalue weighted by Gasteiger charge is 2.48. The van der Waals surface area contributed by atoms with Gasteiger partial charge in [-0.3, -0.25) is 0 Å². The van der Waals surface area contributed by atoms with Gasteiger partial charge in [0, 0.05) is 5.41 Å². The van der Waals surface area contributed by atoms with E-state index in [4.69, 9.17) is 4.74 Å². The van der Waals surface area contributed by atoms with Gasteiger partial charge in [-0.1, -0.05) is 41.5 Å². The normalized spacial score (nSPS) is 29.1. The minimum absolute atomic E-state index is 0.0249. The maximum Gasteiger partial charge on any atom is 0.368 e. The lowest BCUT2D eigenvalue weighted by atomic mass is 9.78. The molecule has 1 aliphatic rings. The van der Waals surface area contributed by atoms with Gasteiger partial charge in [0.05, 0.1) is 5.25 Å². The molecule has 0 aromatic rings. The van der Waals surface area contributed by atoms with Crippen molar-refractivity contribution >= 4 is 17.1 Å². The molecule has 1 heterocycles. The monoisotopic (exact) mass is 216 g/mol. The molecule has 0 aromatic carbocycles. The number of rotatable bonds is 0. The molecule has 0 saturated carbocycles. The fourth-order valence-corrected chi connectivity index (χ4v) is 2.93. The zero-order chi connectivity index (χ0) is 11.1. The second kappa shape index (κ2) is 3.44. The molecule has 1 aliphatic heterocycles. The molecule has 0 radical (unpaired) electrons. The maximum atomic E-state index is 11.3. The first-order valence-corrected chi connectivity index (χ1v) is 5.87. The minimum Gasteiger partial charge on any atom is -0.452 e. The SMILES string of the molecule is CC(C)(C)C1OC(=O)SC1C(C)(C)C. The Labute approximate surface area is 90.8 Å². The Balaban J connectivity index is 2.89. The molecule has 2 atom stereocenters. The fraction of sp³-hybridized carbons (Fsp3) is 0.909. The van der Waals surface area contributed by atoms with E-state index in [1.807, 2.05) is 0 Å². The number of cyclic esters (lactones) is 1. The van der Waals surface area contributed by atoms with Crippen LogP contribution >= 0.6 is 11.8 Å². The van der Waals surface area contributed by atoms with Crippen LogP contribution in [0.4, 0.5) is 4.79 Å². The summed E-state index contributed by atoms with van der Waals surface area (Å²) in [5, 5.41) is 0.139. The van der Waals surface area contributed by atoms with Crippen molar-refractivity contribution in [1.29, 1.82) is 0 Å². The van der Waals surface area contributed by atoms with Crippen LogP contribution in [-0.2, 0) is 4.74 Å². The molecule has 2 nitrogen and oxygen atoms in total. The van der Waals surface area contributed by atoms with Crippen molar-refractivity contribution in [1.82, 2.24) is 0 Å². The quantitative estimate of drug-likeness (QED) is 0.577. The van der Waals surface area contributed by atoms with E-state index in [-0.39, 0.29) is 27.5 Å². The zero-order valence-corrected chi connectivity index (χ0v) is 10.7. The van der Waals surface area contributed by atoms with Crippen molar-refractivity contribution in [3.8, 4) is 0 Å². The molecule has 0 N–H and O–H groups in total. The second-order valence-electron chi connectivity index (χ2n) is 6.06. The van der Waals surface area contributed by atoms with Gasteiger partial charge in [-0.15, -0.1) is 0 Å². The second-order valence-corrected chi connectivity index (χ2v) is 7.14. The lowest BCUT2D eigenvalue weighted by Gasteiger charge is -2.35. The molecule has 0 bridgehead atoms. The molecule has 2 unspecified atom stereocenters. The molecule has 82 valence electrons. The van der Waals surface area contributed by atoms with Gasteiger partial charge in [0.25, 0.3) is 0 Å². The summed E-state index contributed by atoms with van der Waals surface area (Å²) in [7, 11) is 0. The van der Waals surface area contributed by atoms with Crippen LogP contribution in [0.15, 0.2) is 0 Å². The summed E-state index contributed by atoms with van der Waals surface area (Å²) >= 11 is 1.35. The van der Waals surface area contributed by atoms with Gasteiger partial charge in [0.2, 0.25) is 0 Å². The van der Waals surface area contributed by atoms with Crippen molar-refractivity contribution in [3.05, 3.63) is 0 Å². The van der Waals surface area contributed by atoms with Gasteiger partial charge >= 0.3 is 5.30 Å². The number of carbonyl (C=O) groups is 1. The van der Waals surface area contributed by atoms with Gasteiger partial charge in [0.1, 0.15) is 6.10 Å². The van der Waals surface area contributed by atoms with Crippen LogP contribution in [0.2, 0.25) is 0 Å². The van der Waals surface area contributed by atoms with E-state index in [1.165, 1.54) is 11.8 Å². The van der Waals surface area contributed by atoms with E-state index in [2.05, 4.69) is 41.5 Å². The Morgan fingerprint density at radius 2 is 1.57 bits per heavy atom. The molecule has 0 aliphatic carbocycles. The number of ether oxygens (including phenoxy) is 1. The van der Waals surface area contributed by atoms with Gasteiger partial charge in [-0.2, -0.15) is 0 Å². The highest BCUT2D eigenvalue weighted by Crippen LogP contribution is 2.46. The summed E-state index contributed by atoms with van der Waals surface area (Å²) in [5.74, 6) is 0. The molecule has 1 fully saturated rings. The first-order valence-electron chi connectivity index (χ1n) is 4.99. The average Bonchev–Trinajstić information content (AvgIpc) is 2.27. The van der Waals surface area contributed by atoms with Crippen LogP contribution in [0.3, 0.4) is 0 Å². The third-order valence-electron chi connectivity index (χ3n) is 2.43. The van der Waals surface area contributed by atoms with Crippen molar-refractivity contribution < 1.29 is 9.53 Å². The van der Waals surface area contributed by atoms with Gasteiger partial charge in [-0.05, 0) is 17.2 Å². The van der Waals surface area contributed by atoms with Gasteiger partial charge in [-0.25, -0.2) is 4.79 Å². The Bertz CT molecular complexity index is 211. The third kappa shape index (κ3) is 2.44. The number of hydrogen-bond acceptors (Lipinski definition) is 3. The molecular weight excluding hydrogens is 196 g/mol. The standard InChI is InChI=1S/C11H20O2S/c1-10(2,3)7-8(11(4,5)6)14-9(12)13-7/h7-8H,1-6H3. The molecule has 0 spiro atoms. The minimum atomic E-state index is -0.121. The van der Waals surface area contributed by atoms with Crippen LogP contribution in [0, 0.1) is 10.8 Å². The highest BCUT2D eigenvalue weighted by atomic mass is 32.2. The molecule has 14 heavy (non-hydrogen) atoms. The third-order valence-corrected chi connectivity index (χ3v) is 3.93. The van der Waals surface area contributed by atoms with E-state index in [0.717, 1.165) is 0 Å². The summed E-state index contributed by atoms with van der Waals surface area (Å²) < 4.78 is 5.39. The largest absolute Gasteiger partial charge is 0.452 e. The van der Waals surface area contributed by atoms with E-state index in [9.17, 15) is 4.79 Å². The lowest BCUT2D eigenvalue weighted by molar-refractivity contribution is 0.0371. The van der Waals surface area contributed by atoms with Crippen LogP contribution < -0.4 is 0 Å². The molecule has 3 heteroatoms. The van der Waals surface area contributed by atoms with Crippen molar-refractivity contribution in [2.24, 2.45) is 10.8 Å². The van der Waals surface area contributed by atoms with Gasteiger partial charge < -0.3 is 4.74 Å². The Morgan fingerprint density at radius 1 is 1.07 bits per heavy atom. The zero-order valence-electron chi connectivity index (χ0n) is 9.88. The van der Waals surface area contributed by atoms with Crippen LogP contribution in [0.5, 0.6) is 0 Å². The topological polar surface area (TPSA) is 26.3 Å². The molecule has 0 aromatic heterocycles. The van der Waals surface area contributed by atoms with Crippen molar-refractivity contribution in [3.63, 3.8) is 0 Å². The van der Waals surface area contributed by atoms with Crippen LogP contribution in [-0.4, -0.2) is 16.7 Å². The number of hydrogen-bond donors (Lipinski definition) is 0. The number of thioether (sulfide) groups is 1. The first kappa shape index (κ1) is 11.9. The first-order chi connectivity index (χ1) is 6.12. The Hall–Kier alpha value is -0.180. The molecule has 0 amide bonds. The smallest absolute Gasteiger partial charge is 0.368 e. The Morgan fingerprint density at radius 3 is 1.86 bits per heavy atom. The van der Waals surface area contributed by atoms with Crippen molar-refractivity contribution in [2.45, 2.75) is 52.9 Å². The van der Waals surface area contributed by atoms with E-state index >= 15 is 0 Å². The highest BCUT2D eigenvalue weighted by molar-refractivity contribution is 8.14. The van der Waals surface area contributed by atoms with Crippen molar-refractivity contribution in [2.75, 3.05) is 0 Å². The summed E-state index contributed by atoms with van der Waals surface area (Å²) in [4.78, 5) is 11.3. The summed E-state index contributed by atoms with van der Waals surface area (Å²) in [5.41, 5.74) is 0.131. The van der Waals surface area contributed by atoms with Crippen LogP contribution in [0.25, 0.3) is 0 Å². The number of carbonyl (C=O) groups excluding carboxylic acids is 1. The van der Waals surface area contributed by atoms with Gasteiger partial charge in [0.15, 0.2) is 0 Å².